The van der Waals surface area contributed by atoms with Crippen LogP contribution in [0.3, 0.4) is 0 Å². The largest absolute Gasteiger partial charge is 0.497 e. The molecule has 1 fully saturated rings. The molecule has 5 heteroatoms. The number of hydrogen-bond donors (Lipinski definition) is 1. The molecular formula is C13H16BrNO3. The highest BCUT2D eigenvalue weighted by atomic mass is 79.9. The summed E-state index contributed by atoms with van der Waals surface area (Å²) in [5.41, 5.74) is 1.06. The van der Waals surface area contributed by atoms with E-state index in [1.807, 2.05) is 23.1 Å². The van der Waals surface area contributed by atoms with Crippen molar-refractivity contribution in [1.29, 1.82) is 0 Å². The Kier molecular flexibility index (Phi) is 4.24. The van der Waals surface area contributed by atoms with E-state index in [2.05, 4.69) is 15.9 Å². The van der Waals surface area contributed by atoms with Gasteiger partial charge in [0.25, 0.3) is 0 Å². The Morgan fingerprint density at radius 1 is 1.61 bits per heavy atom. The summed E-state index contributed by atoms with van der Waals surface area (Å²) >= 11 is 3.49. The van der Waals surface area contributed by atoms with E-state index in [1.165, 1.54) is 0 Å². The first-order chi connectivity index (χ1) is 8.61. The standard InChI is InChI=1S/C13H16BrNO3/c1-18-10-4-5-11(14)9(7-10)8-15-6-2-3-12(15)13(16)17/h4-5,7,12H,2-3,6,8H2,1H3,(H,16,17). The van der Waals surface area contributed by atoms with E-state index >= 15 is 0 Å². The predicted octanol–water partition coefficient (Wildman–Crippen LogP) is 2.51. The number of carboxylic acid groups (broad SMARTS) is 1. The third-order valence-electron chi connectivity index (χ3n) is 3.28. The number of benzene rings is 1. The lowest BCUT2D eigenvalue weighted by Crippen LogP contribution is -2.35. The summed E-state index contributed by atoms with van der Waals surface area (Å²) in [6, 6.07) is 5.40. The predicted molar refractivity (Wildman–Crippen MR) is 71.8 cm³/mol. The van der Waals surface area contributed by atoms with Crippen molar-refractivity contribution in [3.05, 3.63) is 28.2 Å². The van der Waals surface area contributed by atoms with Crippen LogP contribution in [0.15, 0.2) is 22.7 Å². The second kappa shape index (κ2) is 5.71. The van der Waals surface area contributed by atoms with Gasteiger partial charge in [-0.15, -0.1) is 0 Å². The molecule has 1 atom stereocenters. The molecule has 1 N–H and O–H groups in total. The molecule has 18 heavy (non-hydrogen) atoms. The molecular weight excluding hydrogens is 298 g/mol. The average Bonchev–Trinajstić information content (AvgIpc) is 2.80. The van der Waals surface area contributed by atoms with Crippen LogP contribution in [-0.2, 0) is 11.3 Å². The third kappa shape index (κ3) is 2.84. The number of nitrogens with zero attached hydrogens (tertiary/aromatic N) is 1. The van der Waals surface area contributed by atoms with E-state index in [0.717, 1.165) is 35.2 Å². The zero-order valence-electron chi connectivity index (χ0n) is 10.2. The molecule has 0 saturated carbocycles. The number of likely N-dealkylation sites (tertiary alicyclic amines) is 1. The van der Waals surface area contributed by atoms with Crippen molar-refractivity contribution in [3.8, 4) is 5.75 Å². The molecule has 1 aliphatic rings. The highest BCUT2D eigenvalue weighted by Crippen LogP contribution is 2.27. The first-order valence-corrected chi connectivity index (χ1v) is 6.70. The summed E-state index contributed by atoms with van der Waals surface area (Å²) in [5.74, 6) is 0.0609. The maximum absolute atomic E-state index is 11.1. The smallest absolute Gasteiger partial charge is 0.320 e. The highest BCUT2D eigenvalue weighted by molar-refractivity contribution is 9.10. The van der Waals surface area contributed by atoms with E-state index in [0.29, 0.717) is 6.54 Å². The summed E-state index contributed by atoms with van der Waals surface area (Å²) in [6.45, 7) is 1.47. The van der Waals surface area contributed by atoms with E-state index < -0.39 is 5.97 Å². The molecule has 1 aromatic rings. The van der Waals surface area contributed by atoms with E-state index in [-0.39, 0.29) is 6.04 Å². The van der Waals surface area contributed by atoms with Crippen LogP contribution in [0.2, 0.25) is 0 Å². The molecule has 0 radical (unpaired) electrons. The second-order valence-electron chi connectivity index (χ2n) is 4.42. The summed E-state index contributed by atoms with van der Waals surface area (Å²) < 4.78 is 6.18. The van der Waals surface area contributed by atoms with Crippen LogP contribution >= 0.6 is 15.9 Å². The number of carboxylic acids is 1. The number of carbonyl (C=O) groups is 1. The molecule has 1 aliphatic heterocycles. The lowest BCUT2D eigenvalue weighted by Gasteiger charge is -2.21. The lowest BCUT2D eigenvalue weighted by molar-refractivity contribution is -0.142. The van der Waals surface area contributed by atoms with E-state index in [4.69, 9.17) is 9.84 Å². The van der Waals surface area contributed by atoms with Gasteiger partial charge >= 0.3 is 5.97 Å². The normalized spacial score (nSPS) is 20.0. The monoisotopic (exact) mass is 313 g/mol. The highest BCUT2D eigenvalue weighted by Gasteiger charge is 2.30. The number of halogens is 1. The van der Waals surface area contributed by atoms with Crippen LogP contribution in [0, 0.1) is 0 Å². The fraction of sp³-hybridized carbons (Fsp3) is 0.462. The fourth-order valence-corrected chi connectivity index (χ4v) is 2.69. The number of methoxy groups -OCH3 is 1. The van der Waals surface area contributed by atoms with Crippen molar-refractivity contribution in [3.63, 3.8) is 0 Å². The molecule has 1 heterocycles. The van der Waals surface area contributed by atoms with Gasteiger partial charge in [0.1, 0.15) is 11.8 Å². The zero-order chi connectivity index (χ0) is 13.1. The average molecular weight is 314 g/mol. The van der Waals surface area contributed by atoms with E-state index in [9.17, 15) is 4.79 Å². The summed E-state index contributed by atoms with van der Waals surface area (Å²) in [7, 11) is 1.63. The Labute approximate surface area is 115 Å². The lowest BCUT2D eigenvalue weighted by atomic mass is 10.1. The minimum Gasteiger partial charge on any atom is -0.497 e. The van der Waals surface area contributed by atoms with Gasteiger partial charge in [-0.2, -0.15) is 0 Å². The fourth-order valence-electron chi connectivity index (χ4n) is 2.31. The molecule has 1 saturated heterocycles. The second-order valence-corrected chi connectivity index (χ2v) is 5.28. The molecule has 0 aliphatic carbocycles. The minimum absolute atomic E-state index is 0.358. The van der Waals surface area contributed by atoms with Crippen molar-refractivity contribution in [2.24, 2.45) is 0 Å². The van der Waals surface area contributed by atoms with Crippen LogP contribution in [0.5, 0.6) is 5.75 Å². The summed E-state index contributed by atoms with van der Waals surface area (Å²) in [6.07, 6.45) is 1.68. The van der Waals surface area contributed by atoms with Gasteiger partial charge in [-0.25, -0.2) is 0 Å². The van der Waals surface area contributed by atoms with Gasteiger partial charge < -0.3 is 9.84 Å². The van der Waals surface area contributed by atoms with Gasteiger partial charge in [-0.1, -0.05) is 15.9 Å². The van der Waals surface area contributed by atoms with Crippen molar-refractivity contribution in [1.82, 2.24) is 4.90 Å². The SMILES string of the molecule is COc1ccc(Br)c(CN2CCCC2C(=O)O)c1. The number of rotatable bonds is 4. The molecule has 98 valence electrons. The van der Waals surface area contributed by atoms with Gasteiger partial charge in [0.2, 0.25) is 0 Å². The Balaban J connectivity index is 2.15. The summed E-state index contributed by atoms with van der Waals surface area (Å²) in [5, 5.41) is 9.15. The third-order valence-corrected chi connectivity index (χ3v) is 4.05. The maximum Gasteiger partial charge on any atom is 0.320 e. The van der Waals surface area contributed by atoms with Gasteiger partial charge in [-0.3, -0.25) is 9.69 Å². The molecule has 0 spiro atoms. The molecule has 4 nitrogen and oxygen atoms in total. The quantitative estimate of drug-likeness (QED) is 0.928. The van der Waals surface area contributed by atoms with Crippen LogP contribution in [0.1, 0.15) is 18.4 Å². The maximum atomic E-state index is 11.1. The van der Waals surface area contributed by atoms with Crippen molar-refractivity contribution < 1.29 is 14.6 Å². The van der Waals surface area contributed by atoms with Gasteiger partial charge in [0, 0.05) is 11.0 Å². The van der Waals surface area contributed by atoms with Gasteiger partial charge in [0.15, 0.2) is 0 Å². The molecule has 0 amide bonds. The van der Waals surface area contributed by atoms with Crippen LogP contribution in [-0.4, -0.2) is 35.7 Å². The first-order valence-electron chi connectivity index (χ1n) is 5.91. The Morgan fingerprint density at radius 3 is 3.06 bits per heavy atom. The van der Waals surface area contributed by atoms with Crippen molar-refractivity contribution in [2.45, 2.75) is 25.4 Å². The minimum atomic E-state index is -0.730. The number of hydrogen-bond acceptors (Lipinski definition) is 3. The number of aliphatic carboxylic acids is 1. The Morgan fingerprint density at radius 2 is 2.39 bits per heavy atom. The van der Waals surface area contributed by atoms with Crippen molar-refractivity contribution in [2.75, 3.05) is 13.7 Å². The zero-order valence-corrected chi connectivity index (χ0v) is 11.8. The van der Waals surface area contributed by atoms with E-state index in [1.54, 1.807) is 7.11 Å². The van der Waals surface area contributed by atoms with Crippen LogP contribution in [0.25, 0.3) is 0 Å². The first kappa shape index (κ1) is 13.4. The van der Waals surface area contributed by atoms with Crippen molar-refractivity contribution >= 4 is 21.9 Å². The molecule has 2 rings (SSSR count). The van der Waals surface area contributed by atoms with Gasteiger partial charge in [-0.05, 0) is 43.1 Å². The van der Waals surface area contributed by atoms with Crippen LogP contribution < -0.4 is 4.74 Å². The Hall–Kier alpha value is -1.07. The Bertz CT molecular complexity index is 450. The summed E-state index contributed by atoms with van der Waals surface area (Å²) in [4.78, 5) is 13.1. The topological polar surface area (TPSA) is 49.8 Å². The van der Waals surface area contributed by atoms with Gasteiger partial charge in [0.05, 0.1) is 7.11 Å². The van der Waals surface area contributed by atoms with Crippen LogP contribution in [0.4, 0.5) is 0 Å². The molecule has 0 aromatic heterocycles. The molecule has 1 aromatic carbocycles. The molecule has 1 unspecified atom stereocenters. The molecule has 0 bridgehead atoms. The number of ether oxygens (including phenoxy) is 1.